The lowest BCUT2D eigenvalue weighted by Crippen LogP contribution is -2.22. The maximum Gasteiger partial charge on any atom is 0.272 e. The molecule has 3 nitrogen and oxygen atoms in total. The summed E-state index contributed by atoms with van der Waals surface area (Å²) < 4.78 is 4.78. The van der Waals surface area contributed by atoms with E-state index in [2.05, 4.69) is 24.1 Å². The highest BCUT2D eigenvalue weighted by atomic mass is 32.1. The van der Waals surface area contributed by atoms with Crippen LogP contribution in [0.5, 0.6) is 0 Å². The highest BCUT2D eigenvalue weighted by molar-refractivity contribution is 7.80. The third kappa shape index (κ3) is 1.08. The summed E-state index contributed by atoms with van der Waals surface area (Å²) in [7, 11) is 0. The van der Waals surface area contributed by atoms with Crippen molar-refractivity contribution in [2.45, 2.75) is 6.10 Å². The SMILES string of the molecule is C=C[C@@H]1OC(=S)NC1=O. The molecule has 0 unspecified atom stereocenters. The lowest BCUT2D eigenvalue weighted by atomic mass is 10.3. The summed E-state index contributed by atoms with van der Waals surface area (Å²) in [5.41, 5.74) is 0. The minimum Gasteiger partial charge on any atom is -0.453 e. The fraction of sp³-hybridized carbons (Fsp3) is 0.200. The molecular weight excluding hydrogens is 138 g/mol. The molecular formula is C5H5NO2S. The monoisotopic (exact) mass is 143 g/mol. The maximum absolute atomic E-state index is 10.6. The Bertz CT molecular complexity index is 178. The van der Waals surface area contributed by atoms with Gasteiger partial charge >= 0.3 is 0 Å². The van der Waals surface area contributed by atoms with Crippen molar-refractivity contribution < 1.29 is 9.53 Å². The molecule has 0 aliphatic carbocycles. The molecule has 1 aliphatic heterocycles. The summed E-state index contributed by atoms with van der Waals surface area (Å²) in [6.45, 7) is 3.38. The quantitative estimate of drug-likeness (QED) is 0.414. The average Bonchev–Trinajstić information content (AvgIpc) is 2.10. The van der Waals surface area contributed by atoms with Crippen LogP contribution in [0.4, 0.5) is 0 Å². The van der Waals surface area contributed by atoms with Gasteiger partial charge in [-0.1, -0.05) is 6.58 Å². The molecule has 1 aliphatic rings. The molecule has 0 bridgehead atoms. The molecule has 0 saturated carbocycles. The number of carbonyl (C=O) groups excluding carboxylic acids is 1. The van der Waals surface area contributed by atoms with Crippen LogP contribution in [0.15, 0.2) is 12.7 Å². The van der Waals surface area contributed by atoms with E-state index in [9.17, 15) is 4.79 Å². The number of nitrogens with one attached hydrogen (secondary N) is 1. The number of hydrogen-bond acceptors (Lipinski definition) is 3. The molecule has 0 spiro atoms. The minimum absolute atomic E-state index is 0.130. The number of ether oxygens (including phenoxy) is 1. The summed E-state index contributed by atoms with van der Waals surface area (Å²) in [6.07, 6.45) is 0.812. The van der Waals surface area contributed by atoms with Gasteiger partial charge in [0.15, 0.2) is 6.10 Å². The molecule has 1 heterocycles. The van der Waals surface area contributed by atoms with Crippen LogP contribution in [-0.2, 0) is 9.53 Å². The van der Waals surface area contributed by atoms with E-state index in [1.165, 1.54) is 6.08 Å². The zero-order chi connectivity index (χ0) is 6.85. The zero-order valence-electron chi connectivity index (χ0n) is 4.59. The summed E-state index contributed by atoms with van der Waals surface area (Å²) >= 11 is 4.54. The Morgan fingerprint density at radius 1 is 1.89 bits per heavy atom. The van der Waals surface area contributed by atoms with Crippen LogP contribution < -0.4 is 5.32 Å². The molecule has 9 heavy (non-hydrogen) atoms. The average molecular weight is 143 g/mol. The van der Waals surface area contributed by atoms with Crippen LogP contribution in [0.1, 0.15) is 0 Å². The van der Waals surface area contributed by atoms with Crippen molar-refractivity contribution in [3.8, 4) is 0 Å². The van der Waals surface area contributed by atoms with Gasteiger partial charge in [0, 0.05) is 0 Å². The predicted octanol–water partition coefficient (Wildman–Crippen LogP) is -0.0277. The summed E-state index contributed by atoms with van der Waals surface area (Å²) in [4.78, 5) is 10.6. The van der Waals surface area contributed by atoms with E-state index in [-0.39, 0.29) is 11.1 Å². The van der Waals surface area contributed by atoms with Gasteiger partial charge in [-0.2, -0.15) is 0 Å². The Morgan fingerprint density at radius 2 is 2.56 bits per heavy atom. The molecule has 0 aromatic carbocycles. The van der Waals surface area contributed by atoms with Crippen molar-refractivity contribution >= 4 is 23.3 Å². The number of thiocarbonyl (C=S) groups is 1. The molecule has 1 N–H and O–H groups in total. The van der Waals surface area contributed by atoms with Gasteiger partial charge in [0.2, 0.25) is 0 Å². The van der Waals surface area contributed by atoms with Gasteiger partial charge in [0.05, 0.1) is 0 Å². The van der Waals surface area contributed by atoms with Gasteiger partial charge in [0.1, 0.15) is 0 Å². The molecule has 1 rings (SSSR count). The first kappa shape index (κ1) is 6.22. The third-order valence-electron chi connectivity index (χ3n) is 0.932. The molecule has 48 valence electrons. The first-order valence-corrected chi connectivity index (χ1v) is 2.79. The maximum atomic E-state index is 10.6. The summed E-state index contributed by atoms with van der Waals surface area (Å²) in [6, 6.07) is 0. The van der Waals surface area contributed by atoms with Gasteiger partial charge in [-0.25, -0.2) is 0 Å². The van der Waals surface area contributed by atoms with E-state index >= 15 is 0 Å². The molecule has 1 fully saturated rings. The molecule has 1 saturated heterocycles. The highest BCUT2D eigenvalue weighted by Crippen LogP contribution is 2.01. The zero-order valence-corrected chi connectivity index (χ0v) is 5.40. The van der Waals surface area contributed by atoms with Crippen LogP contribution >= 0.6 is 12.2 Å². The van der Waals surface area contributed by atoms with E-state index in [1.807, 2.05) is 0 Å². The Morgan fingerprint density at radius 3 is 2.78 bits per heavy atom. The van der Waals surface area contributed by atoms with Gasteiger partial charge in [-0.05, 0) is 18.3 Å². The Hall–Kier alpha value is -0.900. The van der Waals surface area contributed by atoms with Crippen molar-refractivity contribution in [2.24, 2.45) is 0 Å². The van der Waals surface area contributed by atoms with E-state index in [0.717, 1.165) is 0 Å². The van der Waals surface area contributed by atoms with Crippen molar-refractivity contribution in [2.75, 3.05) is 0 Å². The van der Waals surface area contributed by atoms with Crippen LogP contribution in [0.2, 0.25) is 0 Å². The first-order valence-electron chi connectivity index (χ1n) is 2.38. The van der Waals surface area contributed by atoms with Crippen LogP contribution in [0.3, 0.4) is 0 Å². The highest BCUT2D eigenvalue weighted by Gasteiger charge is 2.25. The second kappa shape index (κ2) is 2.14. The Kier molecular flexibility index (Phi) is 1.48. The van der Waals surface area contributed by atoms with Crippen LogP contribution in [-0.4, -0.2) is 17.2 Å². The lowest BCUT2D eigenvalue weighted by Gasteiger charge is -1.95. The predicted molar refractivity (Wildman–Crippen MR) is 35.8 cm³/mol. The topological polar surface area (TPSA) is 38.3 Å². The van der Waals surface area contributed by atoms with Gasteiger partial charge in [-0.3, -0.25) is 10.1 Å². The van der Waals surface area contributed by atoms with Crippen molar-refractivity contribution in [1.29, 1.82) is 0 Å². The number of hydrogen-bond donors (Lipinski definition) is 1. The van der Waals surface area contributed by atoms with Crippen molar-refractivity contribution in [1.82, 2.24) is 5.32 Å². The molecule has 1 atom stereocenters. The lowest BCUT2D eigenvalue weighted by molar-refractivity contribution is -0.121. The van der Waals surface area contributed by atoms with Gasteiger partial charge < -0.3 is 4.74 Å². The molecule has 0 radical (unpaired) electrons. The first-order chi connectivity index (χ1) is 4.24. The second-order valence-corrected chi connectivity index (χ2v) is 1.92. The van der Waals surface area contributed by atoms with Crippen molar-refractivity contribution in [3.05, 3.63) is 12.7 Å². The second-order valence-electron chi connectivity index (χ2n) is 1.55. The molecule has 4 heteroatoms. The van der Waals surface area contributed by atoms with Crippen LogP contribution in [0.25, 0.3) is 0 Å². The fourth-order valence-electron chi connectivity index (χ4n) is 0.525. The molecule has 0 aromatic heterocycles. The van der Waals surface area contributed by atoms with E-state index in [0.29, 0.717) is 0 Å². The normalized spacial score (nSPS) is 25.1. The fourth-order valence-corrected chi connectivity index (χ4v) is 0.729. The van der Waals surface area contributed by atoms with Crippen LogP contribution in [0, 0.1) is 0 Å². The number of amides is 1. The largest absolute Gasteiger partial charge is 0.453 e. The van der Waals surface area contributed by atoms with E-state index < -0.39 is 6.10 Å². The molecule has 1 amide bonds. The summed E-state index contributed by atoms with van der Waals surface area (Å²) in [5.74, 6) is -0.241. The van der Waals surface area contributed by atoms with E-state index in [1.54, 1.807) is 0 Å². The standard InChI is InChI=1S/C5H5NO2S/c1-2-3-4(7)6-5(9)8-3/h2-3H,1H2,(H,6,7,9)/t3-/m0/s1. The number of carbonyl (C=O) groups is 1. The number of rotatable bonds is 1. The Balaban J connectivity index is 2.68. The van der Waals surface area contributed by atoms with E-state index in [4.69, 9.17) is 4.74 Å². The van der Waals surface area contributed by atoms with Crippen molar-refractivity contribution in [3.63, 3.8) is 0 Å². The minimum atomic E-state index is -0.586. The smallest absolute Gasteiger partial charge is 0.272 e. The molecule has 0 aromatic rings. The third-order valence-corrected chi connectivity index (χ3v) is 1.13. The Labute approximate surface area is 57.7 Å². The van der Waals surface area contributed by atoms with Gasteiger partial charge in [0.25, 0.3) is 11.1 Å². The van der Waals surface area contributed by atoms with Gasteiger partial charge in [-0.15, -0.1) is 0 Å². The summed E-state index contributed by atoms with van der Waals surface area (Å²) in [5, 5.41) is 2.45.